The van der Waals surface area contributed by atoms with Gasteiger partial charge < -0.3 is 0 Å². The molecule has 0 radical (unpaired) electrons. The van der Waals surface area contributed by atoms with Crippen LogP contribution in [-0.2, 0) is 0 Å². The van der Waals surface area contributed by atoms with E-state index in [1.165, 1.54) is 0 Å². The lowest BCUT2D eigenvalue weighted by atomic mass is 10.00. The van der Waals surface area contributed by atoms with Crippen molar-refractivity contribution in [3.8, 4) is 101 Å². The lowest BCUT2D eigenvalue weighted by Gasteiger charge is -2.09. The molecule has 0 saturated carbocycles. The summed E-state index contributed by atoms with van der Waals surface area (Å²) in [4.78, 5) is 47.8. The number of nitrogens with zero attached hydrogens (tertiary/aromatic N) is 10. The van der Waals surface area contributed by atoms with Crippen molar-refractivity contribution >= 4 is 87.2 Å². The van der Waals surface area contributed by atoms with Gasteiger partial charge in [-0.05, 0) is 144 Å². The van der Waals surface area contributed by atoms with Crippen LogP contribution < -0.4 is 0 Å². The molecule has 456 valence electrons. The SMILES string of the molecule is c1ccc(-c2ccc3ccc4ccc(-c5ccc(-c6ccc7cc(-c8ccc9nc(-c%10ccncc%10)ccc9c8)ccc7n6)cc5)nc4c3n2)cc1.c1cnc2c(c1)ccc1ccc(-c3ccc(-c4ccc5cc(-c6ccc7nc(-c8ccncc8)ccc7c6)ccc5n4)cc3)nc12. The minimum Gasteiger partial charge on any atom is -0.265 e. The summed E-state index contributed by atoms with van der Waals surface area (Å²) in [5.41, 5.74) is 26.1. The van der Waals surface area contributed by atoms with Gasteiger partial charge in [0.1, 0.15) is 0 Å². The fraction of sp³-hybridized carbons (Fsp3) is 0. The van der Waals surface area contributed by atoms with Gasteiger partial charge in [-0.3, -0.25) is 15.0 Å². The van der Waals surface area contributed by atoms with Crippen molar-refractivity contribution in [1.82, 2.24) is 49.8 Å². The van der Waals surface area contributed by atoms with Gasteiger partial charge >= 0.3 is 0 Å². The molecule has 0 aliphatic heterocycles. The molecule has 0 amide bonds. The van der Waals surface area contributed by atoms with Crippen LogP contribution in [0.4, 0.5) is 0 Å². The molecular formula is C88H54N10. The quantitative estimate of drug-likeness (QED) is 0.129. The molecule has 19 aromatic rings. The van der Waals surface area contributed by atoms with E-state index < -0.39 is 0 Å². The van der Waals surface area contributed by atoms with Crippen molar-refractivity contribution in [2.75, 3.05) is 0 Å². The molecule has 0 bridgehead atoms. The molecule has 98 heavy (non-hydrogen) atoms. The highest BCUT2D eigenvalue weighted by molar-refractivity contribution is 6.05. The molecule has 10 heteroatoms. The molecule has 0 spiro atoms. The molecule has 0 saturated heterocycles. The zero-order valence-electron chi connectivity index (χ0n) is 52.6. The number of fused-ring (bicyclic) bond motifs is 10. The summed E-state index contributed by atoms with van der Waals surface area (Å²) in [6.07, 6.45) is 9.00. The lowest BCUT2D eigenvalue weighted by Crippen LogP contribution is -1.91. The third-order valence-electron chi connectivity index (χ3n) is 18.3. The number of hydrogen-bond acceptors (Lipinski definition) is 10. The number of rotatable bonds is 9. The van der Waals surface area contributed by atoms with Crippen LogP contribution in [0.25, 0.3) is 188 Å². The fourth-order valence-electron chi connectivity index (χ4n) is 13.1. The van der Waals surface area contributed by atoms with Crippen LogP contribution in [0.15, 0.2) is 328 Å². The summed E-state index contributed by atoms with van der Waals surface area (Å²) in [6, 6.07) is 103. The predicted molar refractivity (Wildman–Crippen MR) is 400 cm³/mol. The Morgan fingerprint density at radius 3 is 0.745 bits per heavy atom. The molecule has 0 aliphatic rings. The zero-order chi connectivity index (χ0) is 64.9. The second-order valence-corrected chi connectivity index (χ2v) is 24.4. The highest BCUT2D eigenvalue weighted by atomic mass is 14.8. The van der Waals surface area contributed by atoms with Gasteiger partial charge in [0.05, 0.1) is 84.0 Å². The highest BCUT2D eigenvalue weighted by Crippen LogP contribution is 2.36. The Bertz CT molecular complexity index is 6290. The molecule has 19 rings (SSSR count). The first-order valence-corrected chi connectivity index (χ1v) is 32.5. The van der Waals surface area contributed by atoms with Crippen LogP contribution >= 0.6 is 0 Å². The molecule has 10 aromatic heterocycles. The van der Waals surface area contributed by atoms with Crippen molar-refractivity contribution in [1.29, 1.82) is 0 Å². The molecule has 0 aliphatic carbocycles. The molecule has 0 N–H and O–H groups in total. The first-order chi connectivity index (χ1) is 48.5. The average molecular weight is 1250 g/mol. The van der Waals surface area contributed by atoms with Crippen LogP contribution in [0.5, 0.6) is 0 Å². The van der Waals surface area contributed by atoms with E-state index in [4.69, 9.17) is 34.9 Å². The van der Waals surface area contributed by atoms with Crippen molar-refractivity contribution in [3.63, 3.8) is 0 Å². The van der Waals surface area contributed by atoms with Gasteiger partial charge in [0, 0.05) is 113 Å². The summed E-state index contributed by atoms with van der Waals surface area (Å²) in [6.45, 7) is 0. The van der Waals surface area contributed by atoms with Crippen molar-refractivity contribution in [3.05, 3.63) is 328 Å². The van der Waals surface area contributed by atoms with Crippen LogP contribution in [0.1, 0.15) is 0 Å². The van der Waals surface area contributed by atoms with Gasteiger partial charge in [-0.2, -0.15) is 0 Å². The Balaban J connectivity index is 0.000000143. The van der Waals surface area contributed by atoms with E-state index in [1.807, 2.05) is 54.7 Å². The normalized spacial score (nSPS) is 11.5. The van der Waals surface area contributed by atoms with Gasteiger partial charge in [-0.25, -0.2) is 34.9 Å². The molecule has 0 fully saturated rings. The summed E-state index contributed by atoms with van der Waals surface area (Å²) < 4.78 is 0. The van der Waals surface area contributed by atoms with Crippen molar-refractivity contribution in [2.24, 2.45) is 0 Å². The largest absolute Gasteiger partial charge is 0.265 e. The van der Waals surface area contributed by atoms with Crippen molar-refractivity contribution in [2.45, 2.75) is 0 Å². The standard InChI is InChI=1S/C47H29N5.C41H25N5/c1-2-4-30(5-3-1)42-18-12-34-10-11-35-13-19-43(52-47(35)46(34)51-42)32-8-6-31(7-9-32)40-22-16-38-28-36(14-20-44(38)49-40)37-15-21-45-39(29-37)17-23-41(50-45)33-24-26-48-27-25-33;1-2-29-7-8-30-9-14-37(46-41(30)40(29)43-21-1)27-5-3-26(4-6-27)35-17-12-33-24-31(10-15-38(33)44-35)32-11-16-39-34(25-32)13-18-36(45-39)28-19-22-42-23-20-28/h1-29H;1-25H. The van der Waals surface area contributed by atoms with E-state index in [1.54, 1.807) is 24.8 Å². The van der Waals surface area contributed by atoms with Crippen LogP contribution in [0.2, 0.25) is 0 Å². The minimum absolute atomic E-state index is 0.905. The van der Waals surface area contributed by atoms with Gasteiger partial charge in [-0.1, -0.05) is 176 Å². The predicted octanol–water partition coefficient (Wildman–Crippen LogP) is 21.6. The molecular weight excluding hydrogens is 1200 g/mol. The smallest absolute Gasteiger partial charge is 0.0972 e. The zero-order valence-corrected chi connectivity index (χ0v) is 52.6. The Hall–Kier alpha value is -13.4. The number of hydrogen-bond donors (Lipinski definition) is 0. The molecule has 9 aromatic carbocycles. The van der Waals surface area contributed by atoms with E-state index in [0.717, 1.165) is 188 Å². The topological polar surface area (TPSA) is 129 Å². The van der Waals surface area contributed by atoms with Gasteiger partial charge in [0.25, 0.3) is 0 Å². The molecule has 0 atom stereocenters. The first kappa shape index (κ1) is 57.2. The van der Waals surface area contributed by atoms with E-state index in [9.17, 15) is 0 Å². The highest BCUT2D eigenvalue weighted by Gasteiger charge is 2.14. The summed E-state index contributed by atoms with van der Waals surface area (Å²) in [5, 5.41) is 8.74. The monoisotopic (exact) mass is 1250 g/mol. The van der Waals surface area contributed by atoms with E-state index in [2.05, 4.69) is 264 Å². The Labute approximate surface area is 563 Å². The first-order valence-electron chi connectivity index (χ1n) is 32.5. The Kier molecular flexibility index (Phi) is 14.3. The lowest BCUT2D eigenvalue weighted by molar-refractivity contribution is 1.31. The van der Waals surface area contributed by atoms with Crippen LogP contribution in [0.3, 0.4) is 0 Å². The number of aromatic nitrogens is 10. The number of pyridine rings is 10. The maximum atomic E-state index is 5.13. The van der Waals surface area contributed by atoms with E-state index in [-0.39, 0.29) is 0 Å². The van der Waals surface area contributed by atoms with E-state index in [0.29, 0.717) is 0 Å². The molecule has 0 unspecified atom stereocenters. The molecule has 10 nitrogen and oxygen atoms in total. The summed E-state index contributed by atoms with van der Waals surface area (Å²) in [7, 11) is 0. The third kappa shape index (κ3) is 11.1. The Morgan fingerprint density at radius 2 is 0.408 bits per heavy atom. The summed E-state index contributed by atoms with van der Waals surface area (Å²) >= 11 is 0. The van der Waals surface area contributed by atoms with E-state index >= 15 is 0 Å². The maximum Gasteiger partial charge on any atom is 0.0972 e. The van der Waals surface area contributed by atoms with Crippen LogP contribution in [0, 0.1) is 0 Å². The maximum absolute atomic E-state index is 5.13. The molecule has 10 heterocycles. The second kappa shape index (κ2) is 24.5. The second-order valence-electron chi connectivity index (χ2n) is 24.4. The van der Waals surface area contributed by atoms with Gasteiger partial charge in [0.15, 0.2) is 0 Å². The Morgan fingerprint density at radius 1 is 0.153 bits per heavy atom. The summed E-state index contributed by atoms with van der Waals surface area (Å²) in [5.74, 6) is 0. The fourth-order valence-corrected chi connectivity index (χ4v) is 13.1. The minimum atomic E-state index is 0.905. The van der Waals surface area contributed by atoms with Gasteiger partial charge in [-0.15, -0.1) is 0 Å². The van der Waals surface area contributed by atoms with Crippen LogP contribution in [-0.4, -0.2) is 49.8 Å². The average Bonchev–Trinajstić information content (AvgIpc) is 1.12. The van der Waals surface area contributed by atoms with Crippen molar-refractivity contribution < 1.29 is 0 Å². The third-order valence-corrected chi connectivity index (χ3v) is 18.3. The number of benzene rings is 9. The van der Waals surface area contributed by atoms with Gasteiger partial charge in [0.2, 0.25) is 0 Å².